The van der Waals surface area contributed by atoms with Crippen LogP contribution in [-0.4, -0.2) is 28.4 Å². The molecule has 0 amide bonds. The van der Waals surface area contributed by atoms with Crippen LogP contribution in [-0.2, 0) is 18.3 Å². The Kier molecular flexibility index (Phi) is 4.47. The first-order valence-corrected chi connectivity index (χ1v) is 9.34. The van der Waals surface area contributed by atoms with Gasteiger partial charge in [-0.2, -0.15) is 4.39 Å². The Hall–Kier alpha value is -2.33. The number of aromatic nitrogens is 2. The number of hydrogen-bond acceptors (Lipinski definition) is 7. The molecule has 2 aliphatic rings. The number of nitrogens with one attached hydrogen (secondary N) is 1. The molecule has 3 heterocycles. The third-order valence-electron chi connectivity index (χ3n) is 4.11. The SMILES string of the molecule is O=c1[nH]c(=O)n([C@H]2C[C@@H]3OP(=O)(Oc4ccc(F)cc4)OC[C@H]3O2)cc1F. The van der Waals surface area contributed by atoms with E-state index in [2.05, 4.69) is 0 Å². The van der Waals surface area contributed by atoms with Crippen LogP contribution in [0.1, 0.15) is 12.6 Å². The van der Waals surface area contributed by atoms with E-state index >= 15 is 0 Å². The molecule has 0 radical (unpaired) electrons. The molecule has 1 N–H and O–H groups in total. The lowest BCUT2D eigenvalue weighted by atomic mass is 10.2. The van der Waals surface area contributed by atoms with Gasteiger partial charge >= 0.3 is 13.5 Å². The lowest BCUT2D eigenvalue weighted by Gasteiger charge is -2.29. The van der Waals surface area contributed by atoms with Gasteiger partial charge in [0, 0.05) is 6.42 Å². The lowest BCUT2D eigenvalue weighted by molar-refractivity contribution is -0.0668. The molecule has 144 valence electrons. The van der Waals surface area contributed by atoms with Crippen molar-refractivity contribution >= 4 is 7.82 Å². The molecular formula is C15H13F2N2O7P. The third kappa shape index (κ3) is 3.59. The number of hydrogen-bond donors (Lipinski definition) is 1. The number of fused-ring (bicyclic) bond motifs is 1. The van der Waals surface area contributed by atoms with Crippen LogP contribution in [0.3, 0.4) is 0 Å². The number of ether oxygens (including phenoxy) is 1. The monoisotopic (exact) mass is 402 g/mol. The van der Waals surface area contributed by atoms with E-state index in [0.717, 1.165) is 22.9 Å². The van der Waals surface area contributed by atoms with E-state index in [1.807, 2.05) is 4.98 Å². The number of H-pyrrole nitrogens is 1. The van der Waals surface area contributed by atoms with E-state index in [0.29, 0.717) is 0 Å². The van der Waals surface area contributed by atoms with Crippen molar-refractivity contribution in [3.05, 3.63) is 62.9 Å². The topological polar surface area (TPSA) is 109 Å². The highest BCUT2D eigenvalue weighted by atomic mass is 31.2. The molecule has 4 rings (SSSR count). The summed E-state index contributed by atoms with van der Waals surface area (Å²) in [5, 5.41) is 0. The highest BCUT2D eigenvalue weighted by Gasteiger charge is 2.48. The maximum Gasteiger partial charge on any atom is 0.530 e. The van der Waals surface area contributed by atoms with E-state index in [-0.39, 0.29) is 18.8 Å². The highest BCUT2D eigenvalue weighted by molar-refractivity contribution is 7.49. The molecule has 0 aliphatic carbocycles. The van der Waals surface area contributed by atoms with Crippen molar-refractivity contribution < 1.29 is 31.7 Å². The summed E-state index contributed by atoms with van der Waals surface area (Å²) >= 11 is 0. The number of aromatic amines is 1. The molecule has 1 aromatic heterocycles. The van der Waals surface area contributed by atoms with Crippen molar-refractivity contribution in [2.45, 2.75) is 24.9 Å². The first-order valence-electron chi connectivity index (χ1n) is 7.87. The average Bonchev–Trinajstić information content (AvgIpc) is 3.02. The second-order valence-corrected chi connectivity index (χ2v) is 7.49. The van der Waals surface area contributed by atoms with Crippen LogP contribution in [0.2, 0.25) is 0 Å². The van der Waals surface area contributed by atoms with Crippen LogP contribution in [0.25, 0.3) is 0 Å². The molecule has 0 spiro atoms. The molecule has 9 nitrogen and oxygen atoms in total. The predicted molar refractivity (Wildman–Crippen MR) is 85.3 cm³/mol. The fraction of sp³-hybridized carbons (Fsp3) is 0.333. The highest BCUT2D eigenvalue weighted by Crippen LogP contribution is 2.56. The summed E-state index contributed by atoms with van der Waals surface area (Å²) in [6, 6.07) is 4.79. The standard InChI is InChI=1S/C15H13F2N2O7P/c16-8-1-3-9(4-2-8)25-27(22)23-7-12-11(26-27)5-13(24-12)19-6-10(17)14(20)18-15(19)21/h1-4,6,11-13H,5,7H2,(H,18,20,21)/t11-,12+,13+,27?/m0/s1. The molecule has 2 saturated heterocycles. The number of benzene rings is 1. The molecule has 27 heavy (non-hydrogen) atoms. The van der Waals surface area contributed by atoms with Gasteiger partial charge in [-0.05, 0) is 24.3 Å². The Bertz CT molecular complexity index is 1020. The van der Waals surface area contributed by atoms with Gasteiger partial charge in [0.05, 0.1) is 12.8 Å². The summed E-state index contributed by atoms with van der Waals surface area (Å²) in [6.45, 7) is -0.153. The largest absolute Gasteiger partial charge is 0.530 e. The molecule has 1 unspecified atom stereocenters. The van der Waals surface area contributed by atoms with Gasteiger partial charge in [0.25, 0.3) is 5.56 Å². The molecular weight excluding hydrogens is 389 g/mol. The van der Waals surface area contributed by atoms with Gasteiger partial charge in [-0.25, -0.2) is 13.8 Å². The summed E-state index contributed by atoms with van der Waals surface area (Å²) < 4.78 is 61.3. The number of rotatable bonds is 3. The van der Waals surface area contributed by atoms with E-state index in [4.69, 9.17) is 18.3 Å². The fourth-order valence-electron chi connectivity index (χ4n) is 2.84. The fourth-order valence-corrected chi connectivity index (χ4v) is 4.26. The van der Waals surface area contributed by atoms with E-state index in [1.165, 1.54) is 12.1 Å². The normalized spacial score (nSPS) is 30.1. The number of phosphoric ester groups is 1. The quantitative estimate of drug-likeness (QED) is 0.779. The zero-order valence-electron chi connectivity index (χ0n) is 13.5. The molecule has 2 aliphatic heterocycles. The van der Waals surface area contributed by atoms with Gasteiger partial charge in [0.1, 0.15) is 30.0 Å². The van der Waals surface area contributed by atoms with Gasteiger partial charge in [-0.1, -0.05) is 0 Å². The maximum atomic E-state index is 13.5. The van der Waals surface area contributed by atoms with Crippen molar-refractivity contribution in [2.75, 3.05) is 6.61 Å². The van der Waals surface area contributed by atoms with Gasteiger partial charge in [-0.3, -0.25) is 23.4 Å². The first-order chi connectivity index (χ1) is 12.8. The van der Waals surface area contributed by atoms with Crippen LogP contribution in [0, 0.1) is 11.6 Å². The molecule has 4 atom stereocenters. The molecule has 2 aromatic rings. The molecule has 2 fully saturated rings. The average molecular weight is 402 g/mol. The molecule has 12 heteroatoms. The zero-order valence-corrected chi connectivity index (χ0v) is 14.4. The van der Waals surface area contributed by atoms with Gasteiger partial charge in [0.2, 0.25) is 5.82 Å². The smallest absolute Gasteiger partial charge is 0.404 e. The van der Waals surface area contributed by atoms with Crippen LogP contribution < -0.4 is 15.8 Å². The van der Waals surface area contributed by atoms with Crippen LogP contribution in [0.4, 0.5) is 8.78 Å². The van der Waals surface area contributed by atoms with Crippen LogP contribution in [0.5, 0.6) is 5.75 Å². The molecule has 1 aromatic carbocycles. The Morgan fingerprint density at radius 1 is 1.19 bits per heavy atom. The van der Waals surface area contributed by atoms with Crippen molar-refractivity contribution in [1.82, 2.24) is 9.55 Å². The zero-order chi connectivity index (χ0) is 19.2. The minimum absolute atomic E-state index is 0.0518. The van der Waals surface area contributed by atoms with Crippen molar-refractivity contribution in [3.63, 3.8) is 0 Å². The van der Waals surface area contributed by atoms with E-state index in [1.54, 1.807) is 0 Å². The van der Waals surface area contributed by atoms with Crippen molar-refractivity contribution in [3.8, 4) is 5.75 Å². The van der Waals surface area contributed by atoms with Crippen molar-refractivity contribution in [2.24, 2.45) is 0 Å². The second kappa shape index (κ2) is 6.68. The van der Waals surface area contributed by atoms with Crippen LogP contribution >= 0.6 is 7.82 Å². The van der Waals surface area contributed by atoms with Gasteiger partial charge in [-0.15, -0.1) is 0 Å². The summed E-state index contributed by atoms with van der Waals surface area (Å²) in [5.41, 5.74) is -1.99. The minimum atomic E-state index is -3.99. The van der Waals surface area contributed by atoms with Crippen molar-refractivity contribution in [1.29, 1.82) is 0 Å². The van der Waals surface area contributed by atoms with Gasteiger partial charge < -0.3 is 9.26 Å². The van der Waals surface area contributed by atoms with E-state index < -0.39 is 49.1 Å². The maximum absolute atomic E-state index is 13.5. The number of phosphoric acid groups is 1. The Morgan fingerprint density at radius 2 is 1.93 bits per heavy atom. The number of halogens is 2. The molecule has 0 bridgehead atoms. The Balaban J connectivity index is 1.50. The summed E-state index contributed by atoms with van der Waals surface area (Å²) in [4.78, 5) is 24.8. The second-order valence-electron chi connectivity index (χ2n) is 5.94. The Morgan fingerprint density at radius 3 is 2.67 bits per heavy atom. The summed E-state index contributed by atoms with van der Waals surface area (Å²) in [6.07, 6.45) is -1.58. The summed E-state index contributed by atoms with van der Waals surface area (Å²) in [5.74, 6) is -1.54. The summed E-state index contributed by atoms with van der Waals surface area (Å²) in [7, 11) is -3.99. The third-order valence-corrected chi connectivity index (χ3v) is 5.54. The predicted octanol–water partition coefficient (Wildman–Crippen LogP) is 1.70. The molecule has 0 saturated carbocycles. The first kappa shape index (κ1) is 18.1. The number of nitrogens with zero attached hydrogens (tertiary/aromatic N) is 1. The van der Waals surface area contributed by atoms with Crippen LogP contribution in [0.15, 0.2) is 40.1 Å². The van der Waals surface area contributed by atoms with E-state index in [9.17, 15) is 22.9 Å². The Labute approximate surface area is 150 Å². The minimum Gasteiger partial charge on any atom is -0.404 e. The van der Waals surface area contributed by atoms with Gasteiger partial charge in [0.15, 0.2) is 0 Å². The lowest BCUT2D eigenvalue weighted by Crippen LogP contribution is -2.34.